The topological polar surface area (TPSA) is 114 Å². The molecule has 0 spiro atoms. The van der Waals surface area contributed by atoms with Gasteiger partial charge in [0.25, 0.3) is 10.0 Å². The number of nitrogens with zero attached hydrogens (tertiary/aromatic N) is 2. The molecular formula is C32H37N3O7S. The lowest BCUT2D eigenvalue weighted by atomic mass is 10.1. The van der Waals surface area contributed by atoms with Gasteiger partial charge in [0.1, 0.15) is 31.5 Å². The lowest BCUT2D eigenvalue weighted by molar-refractivity contribution is -0.139. The average molecular weight is 608 g/mol. The van der Waals surface area contributed by atoms with Gasteiger partial charge in [0.15, 0.2) is 11.5 Å². The maximum atomic E-state index is 14.2. The number of nitrogens with one attached hydrogen (secondary N) is 1. The third-order valence-electron chi connectivity index (χ3n) is 7.80. The van der Waals surface area contributed by atoms with Crippen LogP contribution in [0.5, 0.6) is 17.2 Å². The number of amides is 2. The molecular weight excluding hydrogens is 570 g/mol. The van der Waals surface area contributed by atoms with E-state index in [2.05, 4.69) is 5.32 Å². The molecule has 0 radical (unpaired) electrons. The molecule has 1 heterocycles. The van der Waals surface area contributed by atoms with E-state index < -0.39 is 28.5 Å². The number of hydrogen-bond donors (Lipinski definition) is 1. The number of hydrogen-bond acceptors (Lipinski definition) is 7. The van der Waals surface area contributed by atoms with Crippen molar-refractivity contribution < 1.29 is 32.2 Å². The summed E-state index contributed by atoms with van der Waals surface area (Å²) in [5, 5.41) is 3.08. The van der Waals surface area contributed by atoms with E-state index in [0.717, 1.165) is 35.6 Å². The zero-order chi connectivity index (χ0) is 30.4. The molecule has 3 aromatic rings. The molecule has 0 bridgehead atoms. The molecule has 5 rings (SSSR count). The Bertz CT molecular complexity index is 1520. The average Bonchev–Trinajstić information content (AvgIpc) is 3.55. The van der Waals surface area contributed by atoms with E-state index in [9.17, 15) is 18.0 Å². The quantitative estimate of drug-likeness (QED) is 0.349. The Labute approximate surface area is 252 Å². The van der Waals surface area contributed by atoms with E-state index in [4.69, 9.17) is 14.2 Å². The highest BCUT2D eigenvalue weighted by molar-refractivity contribution is 7.92. The third kappa shape index (κ3) is 7.05. The van der Waals surface area contributed by atoms with Crippen molar-refractivity contribution in [1.29, 1.82) is 0 Å². The largest absolute Gasteiger partial charge is 0.497 e. The number of anilines is 1. The predicted octanol–water partition coefficient (Wildman–Crippen LogP) is 4.14. The van der Waals surface area contributed by atoms with Crippen molar-refractivity contribution in [3.8, 4) is 17.2 Å². The Morgan fingerprint density at radius 2 is 1.63 bits per heavy atom. The first-order valence-electron chi connectivity index (χ1n) is 14.5. The van der Waals surface area contributed by atoms with E-state index in [1.54, 1.807) is 62.6 Å². The van der Waals surface area contributed by atoms with E-state index in [1.165, 1.54) is 17.0 Å². The van der Waals surface area contributed by atoms with Crippen molar-refractivity contribution in [3.05, 3.63) is 78.4 Å². The van der Waals surface area contributed by atoms with Gasteiger partial charge < -0.3 is 24.4 Å². The van der Waals surface area contributed by atoms with Crippen molar-refractivity contribution in [2.24, 2.45) is 0 Å². The van der Waals surface area contributed by atoms with Crippen LogP contribution in [0.3, 0.4) is 0 Å². The minimum atomic E-state index is -4.18. The van der Waals surface area contributed by atoms with E-state index in [1.807, 2.05) is 12.1 Å². The zero-order valence-corrected chi connectivity index (χ0v) is 25.2. The number of carbonyl (C=O) groups excluding carboxylic acids is 2. The monoisotopic (exact) mass is 607 g/mol. The summed E-state index contributed by atoms with van der Waals surface area (Å²) in [6.45, 7) is 1.95. The predicted molar refractivity (Wildman–Crippen MR) is 162 cm³/mol. The number of ether oxygens (including phenoxy) is 3. The Morgan fingerprint density at radius 3 is 2.30 bits per heavy atom. The van der Waals surface area contributed by atoms with Crippen LogP contribution in [0.4, 0.5) is 5.69 Å². The standard InChI is InChI=1S/C32H37N3O7S/c1-23(32(37)33-25-8-6-7-9-25)34(21-24-12-15-27(40-2)16-13-24)31(36)22-35(43(38,39)28-10-4-3-5-11-28)26-14-17-29-30(20-26)42-19-18-41-29/h3-5,10-17,20,23,25H,6-9,18-19,21-22H2,1-2H3,(H,33,37)/t23-/m1/s1. The normalized spacial score (nSPS) is 15.4. The summed E-state index contributed by atoms with van der Waals surface area (Å²) in [6, 6.07) is 19.1. The molecule has 1 fully saturated rings. The number of benzene rings is 3. The van der Waals surface area contributed by atoms with Crippen molar-refractivity contribution in [1.82, 2.24) is 10.2 Å². The molecule has 228 valence electrons. The summed E-state index contributed by atoms with van der Waals surface area (Å²) in [4.78, 5) is 29.0. The van der Waals surface area contributed by atoms with Gasteiger partial charge in [-0.25, -0.2) is 8.42 Å². The summed E-state index contributed by atoms with van der Waals surface area (Å²) < 4.78 is 45.7. The third-order valence-corrected chi connectivity index (χ3v) is 9.59. The maximum Gasteiger partial charge on any atom is 0.264 e. The summed E-state index contributed by atoms with van der Waals surface area (Å²) >= 11 is 0. The number of fused-ring (bicyclic) bond motifs is 1. The first-order chi connectivity index (χ1) is 20.8. The lowest BCUT2D eigenvalue weighted by Crippen LogP contribution is -2.52. The summed E-state index contributed by atoms with van der Waals surface area (Å²) in [6.07, 6.45) is 3.90. The van der Waals surface area contributed by atoms with Crippen LogP contribution in [0.2, 0.25) is 0 Å². The maximum absolute atomic E-state index is 14.2. The molecule has 10 nitrogen and oxygen atoms in total. The van der Waals surface area contributed by atoms with Crippen molar-refractivity contribution >= 4 is 27.5 Å². The molecule has 43 heavy (non-hydrogen) atoms. The fraction of sp³-hybridized carbons (Fsp3) is 0.375. The summed E-state index contributed by atoms with van der Waals surface area (Å²) in [5.41, 5.74) is 1.01. The molecule has 0 saturated heterocycles. The van der Waals surface area contributed by atoms with Gasteiger partial charge in [-0.2, -0.15) is 0 Å². The zero-order valence-electron chi connectivity index (χ0n) is 24.4. The molecule has 0 aromatic heterocycles. The fourth-order valence-electron chi connectivity index (χ4n) is 5.34. The second-order valence-corrected chi connectivity index (χ2v) is 12.6. The van der Waals surface area contributed by atoms with Gasteiger partial charge >= 0.3 is 0 Å². The minimum absolute atomic E-state index is 0.0337. The van der Waals surface area contributed by atoms with Crippen LogP contribution in [0.25, 0.3) is 0 Å². The highest BCUT2D eigenvalue weighted by Gasteiger charge is 2.34. The Morgan fingerprint density at radius 1 is 0.953 bits per heavy atom. The van der Waals surface area contributed by atoms with Crippen molar-refractivity contribution in [3.63, 3.8) is 0 Å². The SMILES string of the molecule is COc1ccc(CN(C(=O)CN(c2ccc3c(c2)OCCO3)S(=O)(=O)c2ccccc2)[C@H](C)C(=O)NC2CCCC2)cc1. The van der Waals surface area contributed by atoms with Crippen molar-refractivity contribution in [2.75, 3.05) is 31.2 Å². The highest BCUT2D eigenvalue weighted by atomic mass is 32.2. The summed E-state index contributed by atoms with van der Waals surface area (Å²) in [7, 11) is -2.61. The number of methoxy groups -OCH3 is 1. The van der Waals surface area contributed by atoms with Gasteiger partial charge in [0.2, 0.25) is 11.8 Å². The molecule has 1 saturated carbocycles. The lowest BCUT2D eigenvalue weighted by Gasteiger charge is -2.32. The van der Waals surface area contributed by atoms with Crippen LogP contribution >= 0.6 is 0 Å². The highest BCUT2D eigenvalue weighted by Crippen LogP contribution is 2.36. The van der Waals surface area contributed by atoms with E-state index >= 15 is 0 Å². The number of sulfonamides is 1. The number of carbonyl (C=O) groups is 2. The second-order valence-electron chi connectivity index (χ2n) is 10.7. The molecule has 1 aliphatic carbocycles. The Hall–Kier alpha value is -4.25. The van der Waals surface area contributed by atoms with E-state index in [0.29, 0.717) is 30.5 Å². The smallest absolute Gasteiger partial charge is 0.264 e. The molecule has 2 aliphatic rings. The summed E-state index contributed by atoms with van der Waals surface area (Å²) in [5.74, 6) is 0.748. The Balaban J connectivity index is 1.48. The van der Waals surface area contributed by atoms with Gasteiger partial charge in [-0.15, -0.1) is 0 Å². The van der Waals surface area contributed by atoms with Crippen LogP contribution in [-0.4, -0.2) is 64.1 Å². The van der Waals surface area contributed by atoms with Gasteiger partial charge in [0, 0.05) is 18.7 Å². The van der Waals surface area contributed by atoms with Crippen molar-refractivity contribution in [2.45, 2.75) is 56.1 Å². The van der Waals surface area contributed by atoms with Crippen LogP contribution < -0.4 is 23.8 Å². The van der Waals surface area contributed by atoms with Crippen LogP contribution in [0.1, 0.15) is 38.2 Å². The first kappa shape index (κ1) is 30.2. The second kappa shape index (κ2) is 13.4. The van der Waals surface area contributed by atoms with Gasteiger partial charge in [-0.3, -0.25) is 13.9 Å². The molecule has 1 aliphatic heterocycles. The first-order valence-corrected chi connectivity index (χ1v) is 15.9. The fourth-order valence-corrected chi connectivity index (χ4v) is 6.76. The van der Waals surface area contributed by atoms with E-state index in [-0.39, 0.29) is 29.1 Å². The molecule has 0 unspecified atom stereocenters. The molecule has 11 heteroatoms. The molecule has 3 aromatic carbocycles. The van der Waals surface area contributed by atoms with Gasteiger partial charge in [-0.1, -0.05) is 43.2 Å². The van der Waals surface area contributed by atoms with Crippen LogP contribution in [0.15, 0.2) is 77.7 Å². The van der Waals surface area contributed by atoms with Crippen LogP contribution in [-0.2, 0) is 26.2 Å². The molecule has 1 atom stereocenters. The van der Waals surface area contributed by atoms with Gasteiger partial charge in [0.05, 0.1) is 17.7 Å². The Kier molecular flexibility index (Phi) is 9.40. The minimum Gasteiger partial charge on any atom is -0.497 e. The molecule has 1 N–H and O–H groups in total. The molecule has 2 amide bonds. The number of rotatable bonds is 11. The van der Waals surface area contributed by atoms with Gasteiger partial charge in [-0.05, 0) is 61.7 Å². The van der Waals surface area contributed by atoms with Crippen LogP contribution in [0, 0.1) is 0 Å².